The van der Waals surface area contributed by atoms with Crippen LogP contribution in [0.3, 0.4) is 0 Å². The van der Waals surface area contributed by atoms with Crippen molar-refractivity contribution in [2.45, 2.75) is 45.5 Å². The van der Waals surface area contributed by atoms with Gasteiger partial charge >= 0.3 is 6.09 Å². The Bertz CT molecular complexity index is 387. The van der Waals surface area contributed by atoms with Crippen molar-refractivity contribution in [2.24, 2.45) is 0 Å². The predicted molar refractivity (Wildman–Crippen MR) is 67.0 cm³/mol. The van der Waals surface area contributed by atoms with E-state index in [0.717, 1.165) is 4.90 Å². The minimum atomic E-state index is -1.49. The molecule has 0 aromatic heterocycles. The van der Waals surface area contributed by atoms with Gasteiger partial charge < -0.3 is 14.7 Å². The number of imide groups is 1. The number of ether oxygens (including phenoxy) is 1. The zero-order valence-electron chi connectivity index (χ0n) is 12.1. The molecule has 1 heterocycles. The minimum Gasteiger partial charge on any atom is -0.444 e. The lowest BCUT2D eigenvalue weighted by molar-refractivity contribution is -0.246. The lowest BCUT2D eigenvalue weighted by atomic mass is 10.2. The molecular formula is C12H20N2O6. The molecule has 0 bridgehead atoms. The molecule has 0 radical (unpaired) electrons. The van der Waals surface area contributed by atoms with E-state index in [9.17, 15) is 19.5 Å². The molecule has 0 aliphatic carbocycles. The second-order valence-electron chi connectivity index (χ2n) is 5.50. The molecule has 8 heteroatoms. The lowest BCUT2D eigenvalue weighted by Gasteiger charge is -2.26. The molecule has 1 unspecified atom stereocenters. The number of amides is 3. The molecule has 0 aromatic rings. The van der Waals surface area contributed by atoms with E-state index in [4.69, 9.17) is 9.57 Å². The normalized spacial score (nSPS) is 17.4. The molecule has 0 saturated carbocycles. The molecule has 20 heavy (non-hydrogen) atoms. The summed E-state index contributed by atoms with van der Waals surface area (Å²) in [6.45, 7) is 4.92. The van der Waals surface area contributed by atoms with Crippen molar-refractivity contribution in [2.75, 3.05) is 13.6 Å². The number of nitrogens with zero attached hydrogens (tertiary/aromatic N) is 2. The summed E-state index contributed by atoms with van der Waals surface area (Å²) in [7, 11) is 1.41. The Morgan fingerprint density at radius 2 is 1.85 bits per heavy atom. The first kappa shape index (κ1) is 16.4. The summed E-state index contributed by atoms with van der Waals surface area (Å²) in [5, 5.41) is 10.2. The first-order valence-electron chi connectivity index (χ1n) is 6.25. The summed E-state index contributed by atoms with van der Waals surface area (Å²) in [6, 6.07) is 0. The van der Waals surface area contributed by atoms with Crippen molar-refractivity contribution in [3.63, 3.8) is 0 Å². The maximum atomic E-state index is 11.6. The van der Waals surface area contributed by atoms with Gasteiger partial charge in [0.2, 0.25) is 0 Å². The molecule has 3 amide bonds. The average Bonchev–Trinajstić information content (AvgIpc) is 2.58. The molecule has 1 rings (SSSR count). The van der Waals surface area contributed by atoms with Crippen LogP contribution in [0.5, 0.6) is 0 Å². The number of aliphatic hydroxyl groups excluding tert-OH is 1. The number of likely N-dealkylation sites (N-methyl/N-ethyl adjacent to an activating group) is 1. The zero-order chi connectivity index (χ0) is 15.5. The van der Waals surface area contributed by atoms with Crippen LogP contribution in [0.2, 0.25) is 0 Å². The number of hydrogen-bond donors (Lipinski definition) is 1. The third kappa shape index (κ3) is 4.78. The fourth-order valence-corrected chi connectivity index (χ4v) is 1.48. The number of carbonyl (C=O) groups is 3. The Balaban J connectivity index is 2.45. The second-order valence-corrected chi connectivity index (χ2v) is 5.50. The molecule has 8 nitrogen and oxygen atoms in total. The van der Waals surface area contributed by atoms with Gasteiger partial charge in [0.1, 0.15) is 5.60 Å². The third-order valence-corrected chi connectivity index (χ3v) is 2.37. The highest BCUT2D eigenvalue weighted by Crippen LogP contribution is 2.14. The number of aliphatic hydroxyl groups is 1. The molecule has 0 spiro atoms. The first-order valence-corrected chi connectivity index (χ1v) is 6.25. The Morgan fingerprint density at radius 3 is 2.30 bits per heavy atom. The number of hydroxylamine groups is 2. The van der Waals surface area contributed by atoms with Crippen LogP contribution in [0.25, 0.3) is 0 Å². The van der Waals surface area contributed by atoms with Gasteiger partial charge in [-0.25, -0.2) is 9.63 Å². The first-order chi connectivity index (χ1) is 9.10. The van der Waals surface area contributed by atoms with Gasteiger partial charge in [0, 0.05) is 19.9 Å². The molecule has 0 aromatic carbocycles. The van der Waals surface area contributed by atoms with Gasteiger partial charge in [0.25, 0.3) is 11.8 Å². The van der Waals surface area contributed by atoms with Gasteiger partial charge in [-0.15, -0.1) is 0 Å². The van der Waals surface area contributed by atoms with E-state index in [0.29, 0.717) is 5.06 Å². The van der Waals surface area contributed by atoms with Crippen LogP contribution in [-0.4, -0.2) is 58.5 Å². The highest BCUT2D eigenvalue weighted by Gasteiger charge is 2.33. The van der Waals surface area contributed by atoms with Crippen molar-refractivity contribution in [3.05, 3.63) is 0 Å². The second kappa shape index (κ2) is 6.19. The SMILES string of the molecule is CN(CC(O)ON1C(=O)CCC1=O)C(=O)OC(C)(C)C. The van der Waals surface area contributed by atoms with E-state index in [2.05, 4.69) is 0 Å². The Hall–Kier alpha value is -1.67. The minimum absolute atomic E-state index is 0.0630. The smallest absolute Gasteiger partial charge is 0.410 e. The standard InChI is InChI=1S/C12H20N2O6/c1-12(2,3)19-11(18)13(4)7-10(17)20-14-8(15)5-6-9(14)16/h10,17H,5-7H2,1-4H3. The van der Waals surface area contributed by atoms with E-state index in [-0.39, 0.29) is 19.4 Å². The fourth-order valence-electron chi connectivity index (χ4n) is 1.48. The van der Waals surface area contributed by atoms with Gasteiger partial charge in [-0.3, -0.25) is 9.59 Å². The molecule has 1 saturated heterocycles. The van der Waals surface area contributed by atoms with Crippen molar-refractivity contribution >= 4 is 17.9 Å². The Labute approximate surface area is 117 Å². The van der Waals surface area contributed by atoms with Gasteiger partial charge in [-0.05, 0) is 20.8 Å². The van der Waals surface area contributed by atoms with Crippen LogP contribution in [-0.2, 0) is 19.2 Å². The highest BCUT2D eigenvalue weighted by atomic mass is 16.8. The number of hydrogen-bond acceptors (Lipinski definition) is 6. The Morgan fingerprint density at radius 1 is 1.35 bits per heavy atom. The summed E-state index contributed by atoms with van der Waals surface area (Å²) in [5.74, 6) is -1.01. The van der Waals surface area contributed by atoms with Gasteiger partial charge in [0.05, 0.1) is 6.54 Å². The van der Waals surface area contributed by atoms with Crippen LogP contribution in [0.4, 0.5) is 4.79 Å². The van der Waals surface area contributed by atoms with Crippen LogP contribution in [0.1, 0.15) is 33.6 Å². The van der Waals surface area contributed by atoms with E-state index < -0.39 is 29.8 Å². The summed E-state index contributed by atoms with van der Waals surface area (Å²) < 4.78 is 5.09. The van der Waals surface area contributed by atoms with Crippen LogP contribution in [0.15, 0.2) is 0 Å². The molecule has 1 N–H and O–H groups in total. The van der Waals surface area contributed by atoms with E-state index in [1.165, 1.54) is 7.05 Å². The lowest BCUT2D eigenvalue weighted by Crippen LogP contribution is -2.42. The number of rotatable bonds is 4. The number of carbonyl (C=O) groups excluding carboxylic acids is 3. The van der Waals surface area contributed by atoms with Crippen LogP contribution in [0, 0.1) is 0 Å². The summed E-state index contributed by atoms with van der Waals surface area (Å²) in [6.07, 6.45) is -2.00. The predicted octanol–water partition coefficient (Wildman–Crippen LogP) is 0.252. The summed E-state index contributed by atoms with van der Waals surface area (Å²) >= 11 is 0. The maximum Gasteiger partial charge on any atom is 0.410 e. The largest absolute Gasteiger partial charge is 0.444 e. The van der Waals surface area contributed by atoms with Crippen LogP contribution >= 0.6 is 0 Å². The average molecular weight is 288 g/mol. The molecule has 1 atom stereocenters. The maximum absolute atomic E-state index is 11.6. The monoisotopic (exact) mass is 288 g/mol. The molecule has 1 aliphatic heterocycles. The highest BCUT2D eigenvalue weighted by molar-refractivity contribution is 6.00. The summed E-state index contributed by atoms with van der Waals surface area (Å²) in [4.78, 5) is 40.2. The Kier molecular flexibility index (Phi) is 5.07. The zero-order valence-corrected chi connectivity index (χ0v) is 12.1. The van der Waals surface area contributed by atoms with Gasteiger partial charge in [-0.1, -0.05) is 0 Å². The van der Waals surface area contributed by atoms with Crippen LogP contribution < -0.4 is 0 Å². The summed E-state index contributed by atoms with van der Waals surface area (Å²) in [5.41, 5.74) is -0.655. The van der Waals surface area contributed by atoms with E-state index >= 15 is 0 Å². The third-order valence-electron chi connectivity index (χ3n) is 2.37. The molecule has 1 fully saturated rings. The quantitative estimate of drug-likeness (QED) is 0.588. The van der Waals surface area contributed by atoms with Crippen molar-refractivity contribution in [1.29, 1.82) is 0 Å². The molecular weight excluding hydrogens is 268 g/mol. The van der Waals surface area contributed by atoms with Crippen molar-refractivity contribution in [1.82, 2.24) is 9.96 Å². The van der Waals surface area contributed by atoms with Crippen molar-refractivity contribution < 1.29 is 29.1 Å². The van der Waals surface area contributed by atoms with Gasteiger partial charge in [0.15, 0.2) is 6.29 Å². The van der Waals surface area contributed by atoms with E-state index in [1.54, 1.807) is 20.8 Å². The molecule has 114 valence electrons. The van der Waals surface area contributed by atoms with Crippen molar-refractivity contribution in [3.8, 4) is 0 Å². The molecule has 1 aliphatic rings. The topological polar surface area (TPSA) is 96.4 Å². The van der Waals surface area contributed by atoms with Gasteiger partial charge in [-0.2, -0.15) is 5.06 Å². The fraction of sp³-hybridized carbons (Fsp3) is 0.750. The van der Waals surface area contributed by atoms with E-state index in [1.807, 2.05) is 0 Å².